The van der Waals surface area contributed by atoms with Gasteiger partial charge in [-0.1, -0.05) is 0 Å². The van der Waals surface area contributed by atoms with Gasteiger partial charge in [-0.3, -0.25) is 9.20 Å². The molecule has 0 aromatic carbocycles. The Morgan fingerprint density at radius 3 is 3.06 bits per heavy atom. The molecule has 3 heterocycles. The van der Waals surface area contributed by atoms with Crippen molar-refractivity contribution < 1.29 is 4.74 Å². The Labute approximate surface area is 92.1 Å². The van der Waals surface area contributed by atoms with Crippen molar-refractivity contribution in [1.29, 1.82) is 0 Å². The van der Waals surface area contributed by atoms with Crippen LogP contribution in [0.25, 0.3) is 5.52 Å². The molecular weight excluding hydrogens is 206 g/mol. The van der Waals surface area contributed by atoms with Gasteiger partial charge in [-0.25, -0.2) is 4.98 Å². The third-order valence-corrected chi connectivity index (χ3v) is 3.08. The zero-order valence-corrected chi connectivity index (χ0v) is 8.85. The molecule has 0 unspecified atom stereocenters. The summed E-state index contributed by atoms with van der Waals surface area (Å²) in [5, 5.41) is 0. The molecule has 1 saturated heterocycles. The van der Waals surface area contributed by atoms with Gasteiger partial charge in [0.05, 0.1) is 6.20 Å². The molecular formula is C11H13N3O2. The number of rotatable bonds is 1. The number of fused-ring (bicyclic) bond motifs is 1. The summed E-state index contributed by atoms with van der Waals surface area (Å²) in [7, 11) is 0. The summed E-state index contributed by atoms with van der Waals surface area (Å²) < 4.78 is 7.21. The van der Waals surface area contributed by atoms with Crippen LogP contribution in [0.3, 0.4) is 0 Å². The van der Waals surface area contributed by atoms with Crippen LogP contribution in [-0.4, -0.2) is 27.6 Å². The maximum atomic E-state index is 11.5. The van der Waals surface area contributed by atoms with Crippen molar-refractivity contribution in [2.75, 3.05) is 13.2 Å². The minimum Gasteiger partial charge on any atom is -0.381 e. The van der Waals surface area contributed by atoms with Crippen molar-refractivity contribution in [3.63, 3.8) is 0 Å². The number of H-pyrrole nitrogens is 1. The maximum absolute atomic E-state index is 11.5. The average Bonchev–Trinajstić information content (AvgIpc) is 2.75. The van der Waals surface area contributed by atoms with E-state index in [0.717, 1.165) is 31.9 Å². The third-order valence-electron chi connectivity index (χ3n) is 3.08. The first-order valence-corrected chi connectivity index (χ1v) is 5.48. The molecule has 16 heavy (non-hydrogen) atoms. The van der Waals surface area contributed by atoms with Crippen LogP contribution in [0, 0.1) is 0 Å². The summed E-state index contributed by atoms with van der Waals surface area (Å²) in [4.78, 5) is 18.6. The Kier molecular flexibility index (Phi) is 2.25. The normalized spacial score (nSPS) is 18.0. The molecule has 0 bridgehead atoms. The zero-order chi connectivity index (χ0) is 11.0. The van der Waals surface area contributed by atoms with E-state index in [1.54, 1.807) is 12.4 Å². The highest BCUT2D eigenvalue weighted by molar-refractivity contribution is 5.43. The highest BCUT2D eigenvalue weighted by Crippen LogP contribution is 2.25. The Morgan fingerprint density at radius 1 is 1.44 bits per heavy atom. The van der Waals surface area contributed by atoms with Gasteiger partial charge in [0.15, 0.2) is 0 Å². The van der Waals surface area contributed by atoms with Gasteiger partial charge in [-0.05, 0) is 12.8 Å². The van der Waals surface area contributed by atoms with Crippen molar-refractivity contribution in [3.8, 4) is 0 Å². The molecule has 0 radical (unpaired) electrons. The lowest BCUT2D eigenvalue weighted by Gasteiger charge is -2.20. The van der Waals surface area contributed by atoms with Gasteiger partial charge in [-0.15, -0.1) is 0 Å². The Balaban J connectivity index is 2.10. The molecule has 0 spiro atoms. The van der Waals surface area contributed by atoms with E-state index in [-0.39, 0.29) is 5.56 Å². The summed E-state index contributed by atoms with van der Waals surface area (Å²) in [5.41, 5.74) is 0.525. The highest BCUT2D eigenvalue weighted by Gasteiger charge is 2.20. The third kappa shape index (κ3) is 1.44. The van der Waals surface area contributed by atoms with Crippen LogP contribution >= 0.6 is 0 Å². The van der Waals surface area contributed by atoms with E-state index in [2.05, 4.69) is 9.97 Å². The van der Waals surface area contributed by atoms with E-state index in [9.17, 15) is 4.79 Å². The van der Waals surface area contributed by atoms with E-state index < -0.39 is 0 Å². The van der Waals surface area contributed by atoms with Gasteiger partial charge in [0.2, 0.25) is 0 Å². The summed E-state index contributed by atoms with van der Waals surface area (Å²) in [6.07, 6.45) is 7.11. The molecule has 3 rings (SSSR count). The highest BCUT2D eigenvalue weighted by atomic mass is 16.5. The van der Waals surface area contributed by atoms with E-state index >= 15 is 0 Å². The van der Waals surface area contributed by atoms with Gasteiger partial charge in [0.1, 0.15) is 11.3 Å². The topological polar surface area (TPSA) is 59.4 Å². The molecule has 0 amide bonds. The number of imidazole rings is 1. The first kappa shape index (κ1) is 9.59. The standard InChI is InChI=1S/C11H13N3O2/c15-11-9-7-13-10(14(9)4-3-12-11)8-1-5-16-6-2-8/h3-4,7-8H,1-2,5-6H2,(H,12,15). The molecule has 5 nitrogen and oxygen atoms in total. The van der Waals surface area contributed by atoms with E-state index in [4.69, 9.17) is 4.74 Å². The number of hydrogen-bond acceptors (Lipinski definition) is 3. The van der Waals surface area contributed by atoms with Gasteiger partial charge >= 0.3 is 0 Å². The van der Waals surface area contributed by atoms with Crippen LogP contribution in [-0.2, 0) is 4.74 Å². The lowest BCUT2D eigenvalue weighted by Crippen LogP contribution is -2.17. The number of nitrogens with one attached hydrogen (secondary N) is 1. The van der Waals surface area contributed by atoms with Crippen molar-refractivity contribution in [3.05, 3.63) is 34.8 Å². The van der Waals surface area contributed by atoms with Crippen molar-refractivity contribution in [2.24, 2.45) is 0 Å². The van der Waals surface area contributed by atoms with Crippen molar-refractivity contribution >= 4 is 5.52 Å². The molecule has 2 aromatic rings. The minimum atomic E-state index is -0.0895. The van der Waals surface area contributed by atoms with Crippen LogP contribution in [0.2, 0.25) is 0 Å². The molecule has 5 heteroatoms. The zero-order valence-electron chi connectivity index (χ0n) is 8.85. The van der Waals surface area contributed by atoms with Crippen molar-refractivity contribution in [1.82, 2.24) is 14.4 Å². The summed E-state index contributed by atoms with van der Waals surface area (Å²) in [6.45, 7) is 1.56. The molecule has 0 atom stereocenters. The van der Waals surface area contributed by atoms with Crippen LogP contribution in [0.1, 0.15) is 24.6 Å². The van der Waals surface area contributed by atoms with Gasteiger partial charge in [-0.2, -0.15) is 0 Å². The monoisotopic (exact) mass is 219 g/mol. The molecule has 1 fully saturated rings. The molecule has 1 aliphatic heterocycles. The lowest BCUT2D eigenvalue weighted by molar-refractivity contribution is 0.0835. The second-order valence-corrected chi connectivity index (χ2v) is 4.05. The Bertz CT molecular complexity index is 552. The quantitative estimate of drug-likeness (QED) is 0.775. The maximum Gasteiger partial charge on any atom is 0.273 e. The van der Waals surface area contributed by atoms with Crippen LogP contribution in [0.4, 0.5) is 0 Å². The summed E-state index contributed by atoms with van der Waals surface area (Å²) in [5.74, 6) is 1.38. The van der Waals surface area contributed by atoms with Gasteiger partial charge in [0, 0.05) is 31.5 Å². The number of ether oxygens (including phenoxy) is 1. The fourth-order valence-electron chi connectivity index (χ4n) is 2.22. The molecule has 0 saturated carbocycles. The van der Waals surface area contributed by atoms with Crippen LogP contribution < -0.4 is 5.56 Å². The predicted molar refractivity (Wildman–Crippen MR) is 58.6 cm³/mol. The van der Waals surface area contributed by atoms with Crippen molar-refractivity contribution in [2.45, 2.75) is 18.8 Å². The van der Waals surface area contributed by atoms with E-state index in [0.29, 0.717) is 11.4 Å². The number of hydrogen-bond donors (Lipinski definition) is 1. The second-order valence-electron chi connectivity index (χ2n) is 4.05. The van der Waals surface area contributed by atoms with Crippen LogP contribution in [0.5, 0.6) is 0 Å². The predicted octanol–water partition coefficient (Wildman–Crippen LogP) is 0.917. The van der Waals surface area contributed by atoms with Crippen LogP contribution in [0.15, 0.2) is 23.4 Å². The molecule has 84 valence electrons. The largest absolute Gasteiger partial charge is 0.381 e. The van der Waals surface area contributed by atoms with Gasteiger partial charge in [0.25, 0.3) is 5.56 Å². The summed E-state index contributed by atoms with van der Waals surface area (Å²) in [6, 6.07) is 0. The Hall–Kier alpha value is -1.62. The molecule has 2 aromatic heterocycles. The number of aromatic nitrogens is 3. The molecule has 1 N–H and O–H groups in total. The van der Waals surface area contributed by atoms with Gasteiger partial charge < -0.3 is 9.72 Å². The molecule has 0 aliphatic carbocycles. The SMILES string of the molecule is O=c1[nH]ccn2c(C3CCOCC3)ncc12. The second kappa shape index (κ2) is 3.75. The van der Waals surface area contributed by atoms with E-state index in [1.807, 2.05) is 10.6 Å². The number of aromatic amines is 1. The smallest absolute Gasteiger partial charge is 0.273 e. The number of nitrogens with zero attached hydrogens (tertiary/aromatic N) is 2. The average molecular weight is 219 g/mol. The van der Waals surface area contributed by atoms with E-state index in [1.165, 1.54) is 0 Å². The first-order chi connectivity index (χ1) is 7.86. The Morgan fingerprint density at radius 2 is 2.25 bits per heavy atom. The molecule has 1 aliphatic rings. The minimum absolute atomic E-state index is 0.0895. The lowest BCUT2D eigenvalue weighted by atomic mass is 10.00. The summed E-state index contributed by atoms with van der Waals surface area (Å²) >= 11 is 0. The first-order valence-electron chi connectivity index (χ1n) is 5.48. The fourth-order valence-corrected chi connectivity index (χ4v) is 2.22. The fraction of sp³-hybridized carbons (Fsp3) is 0.455.